The Morgan fingerprint density at radius 3 is 2.40 bits per heavy atom. The third kappa shape index (κ3) is 3.67. The summed E-state index contributed by atoms with van der Waals surface area (Å²) < 4.78 is 11.0. The van der Waals surface area contributed by atoms with Gasteiger partial charge < -0.3 is 9.47 Å². The molecule has 0 aromatic heterocycles. The van der Waals surface area contributed by atoms with E-state index in [1.165, 1.54) is 18.9 Å². The second kappa shape index (κ2) is 6.99. The summed E-state index contributed by atoms with van der Waals surface area (Å²) in [5, 5.41) is 0. The third-order valence-electron chi connectivity index (χ3n) is 2.63. The van der Waals surface area contributed by atoms with Gasteiger partial charge in [0, 0.05) is 13.4 Å². The van der Waals surface area contributed by atoms with E-state index in [4.69, 9.17) is 9.47 Å². The maximum absolute atomic E-state index is 11.8. The molecule has 0 aliphatic heterocycles. The molecule has 3 nitrogen and oxygen atoms in total. The van der Waals surface area contributed by atoms with Crippen molar-refractivity contribution < 1.29 is 14.3 Å². The van der Waals surface area contributed by atoms with Crippen LogP contribution in [0.3, 0.4) is 0 Å². The van der Waals surface area contributed by atoms with Crippen LogP contribution in [0.4, 0.5) is 0 Å². The van der Waals surface area contributed by atoms with Gasteiger partial charge in [0.15, 0.2) is 0 Å². The zero-order valence-electron chi connectivity index (χ0n) is 11.1. The zero-order valence-corrected chi connectivity index (χ0v) is 14.0. The fourth-order valence-corrected chi connectivity index (χ4v) is 3.04. The van der Waals surface area contributed by atoms with Crippen LogP contribution in [-0.4, -0.2) is 20.2 Å². The number of carbonyl (C=O) groups excluding carboxylic acids is 1. The highest BCUT2D eigenvalue weighted by Gasteiger charge is 2.13. The molecule has 0 saturated carbocycles. The highest BCUT2D eigenvalue weighted by molar-refractivity contribution is 14.1. The molecule has 2 rings (SSSR count). The van der Waals surface area contributed by atoms with Gasteiger partial charge in [-0.25, -0.2) is 4.79 Å². The Kier molecular flexibility index (Phi) is 5.31. The van der Waals surface area contributed by atoms with Crippen LogP contribution in [-0.2, 0) is 4.74 Å². The van der Waals surface area contributed by atoms with Crippen LogP contribution in [0, 0.1) is 3.57 Å². The lowest BCUT2D eigenvalue weighted by Crippen LogP contribution is -2.03. The van der Waals surface area contributed by atoms with Crippen LogP contribution in [0.25, 0.3) is 0 Å². The Hall–Kier alpha value is -1.21. The van der Waals surface area contributed by atoms with E-state index in [9.17, 15) is 4.79 Å². The fourth-order valence-electron chi connectivity index (χ4n) is 1.63. The fraction of sp³-hybridized carbons (Fsp3) is 0.133. The maximum Gasteiger partial charge on any atom is 0.339 e. The second-order valence-corrected chi connectivity index (χ2v) is 6.27. The zero-order chi connectivity index (χ0) is 14.5. The first-order valence-corrected chi connectivity index (χ1v) is 7.73. The van der Waals surface area contributed by atoms with Crippen molar-refractivity contribution in [3.05, 3.63) is 51.6 Å². The molecule has 0 bridgehead atoms. The van der Waals surface area contributed by atoms with Gasteiger partial charge in [-0.2, -0.15) is 0 Å². The molecule has 0 aliphatic carbocycles. The molecular weight excluding hydrogens is 387 g/mol. The molecule has 0 fully saturated rings. The summed E-state index contributed by atoms with van der Waals surface area (Å²) in [7, 11) is 3.03. The lowest BCUT2D eigenvalue weighted by Gasteiger charge is -2.08. The number of hydrogen-bond acceptors (Lipinski definition) is 4. The summed E-state index contributed by atoms with van der Waals surface area (Å²) in [6.07, 6.45) is 0. The minimum absolute atomic E-state index is 0.320. The summed E-state index contributed by atoms with van der Waals surface area (Å²) in [6.45, 7) is 0. The van der Waals surface area contributed by atoms with Gasteiger partial charge in [-0.15, -0.1) is 0 Å². The van der Waals surface area contributed by atoms with E-state index in [2.05, 4.69) is 22.6 Å². The predicted molar refractivity (Wildman–Crippen MR) is 87.6 cm³/mol. The Balaban J connectivity index is 2.30. The van der Waals surface area contributed by atoms with Gasteiger partial charge in [-0.05, 0) is 65.1 Å². The molecule has 104 valence electrons. The van der Waals surface area contributed by atoms with Crippen molar-refractivity contribution in [1.82, 2.24) is 0 Å². The second-order valence-electron chi connectivity index (χ2n) is 3.91. The molecular formula is C15H13IO3S. The Bertz CT molecular complexity index is 611. The molecule has 2 aromatic rings. The summed E-state index contributed by atoms with van der Waals surface area (Å²) in [6, 6.07) is 13.4. The van der Waals surface area contributed by atoms with Crippen LogP contribution in [0.15, 0.2) is 52.3 Å². The summed E-state index contributed by atoms with van der Waals surface area (Å²) in [5.74, 6) is 0.490. The maximum atomic E-state index is 11.8. The molecule has 0 aliphatic rings. The van der Waals surface area contributed by atoms with E-state index < -0.39 is 0 Å². The third-order valence-corrected chi connectivity index (χ3v) is 4.39. The molecule has 0 amide bonds. The van der Waals surface area contributed by atoms with Crippen LogP contribution in [0.2, 0.25) is 0 Å². The first-order valence-electron chi connectivity index (χ1n) is 5.84. The molecule has 0 spiro atoms. The molecule has 20 heavy (non-hydrogen) atoms. The Morgan fingerprint density at radius 2 is 1.80 bits per heavy atom. The molecule has 0 N–H and O–H groups in total. The van der Waals surface area contributed by atoms with E-state index >= 15 is 0 Å². The van der Waals surface area contributed by atoms with Crippen LogP contribution in [0.5, 0.6) is 5.75 Å². The standard InChI is InChI=1S/C15H13IO3S/c1-18-11-4-6-12(7-5-11)20-14-8-3-10(16)9-13(14)15(17)19-2/h3-9H,1-2H3. The van der Waals surface area contributed by atoms with Gasteiger partial charge in [0.2, 0.25) is 0 Å². The van der Waals surface area contributed by atoms with Crippen molar-refractivity contribution in [3.63, 3.8) is 0 Å². The molecule has 5 heteroatoms. The normalized spacial score (nSPS) is 10.2. The monoisotopic (exact) mass is 400 g/mol. The number of esters is 1. The summed E-state index contributed by atoms with van der Waals surface area (Å²) in [5.41, 5.74) is 0.584. The minimum atomic E-state index is -0.320. The smallest absolute Gasteiger partial charge is 0.339 e. The molecule has 0 heterocycles. The van der Waals surface area contributed by atoms with Crippen LogP contribution >= 0.6 is 34.4 Å². The molecule has 0 atom stereocenters. The number of benzene rings is 2. The Morgan fingerprint density at radius 1 is 1.10 bits per heavy atom. The predicted octanol–water partition coefficient (Wildman–Crippen LogP) is 4.24. The number of rotatable bonds is 4. The van der Waals surface area contributed by atoms with Gasteiger partial charge in [0.1, 0.15) is 5.75 Å². The number of ether oxygens (including phenoxy) is 2. The molecule has 0 saturated heterocycles. The number of hydrogen-bond donors (Lipinski definition) is 0. The van der Waals surface area contributed by atoms with Gasteiger partial charge in [-0.1, -0.05) is 11.8 Å². The van der Waals surface area contributed by atoms with Crippen LogP contribution in [0.1, 0.15) is 10.4 Å². The highest BCUT2D eigenvalue weighted by Crippen LogP contribution is 2.32. The van der Waals surface area contributed by atoms with E-state index in [-0.39, 0.29) is 5.97 Å². The first-order chi connectivity index (χ1) is 9.63. The van der Waals surface area contributed by atoms with Crippen molar-refractivity contribution in [2.75, 3.05) is 14.2 Å². The van der Waals surface area contributed by atoms with Crippen LogP contribution < -0.4 is 4.74 Å². The van der Waals surface area contributed by atoms with E-state index in [1.54, 1.807) is 7.11 Å². The van der Waals surface area contributed by atoms with Crippen molar-refractivity contribution in [2.45, 2.75) is 9.79 Å². The average molecular weight is 400 g/mol. The SMILES string of the molecule is COC(=O)c1cc(I)ccc1Sc1ccc(OC)cc1. The van der Waals surface area contributed by atoms with Crippen molar-refractivity contribution >= 4 is 40.3 Å². The van der Waals surface area contributed by atoms with E-state index in [0.717, 1.165) is 19.1 Å². The van der Waals surface area contributed by atoms with Gasteiger partial charge in [0.05, 0.1) is 19.8 Å². The minimum Gasteiger partial charge on any atom is -0.497 e. The highest BCUT2D eigenvalue weighted by atomic mass is 127. The van der Waals surface area contributed by atoms with Gasteiger partial charge in [-0.3, -0.25) is 0 Å². The van der Waals surface area contributed by atoms with Gasteiger partial charge >= 0.3 is 5.97 Å². The summed E-state index contributed by atoms with van der Waals surface area (Å²) >= 11 is 3.70. The van der Waals surface area contributed by atoms with Crippen molar-refractivity contribution in [2.24, 2.45) is 0 Å². The molecule has 0 radical (unpaired) electrons. The molecule has 2 aromatic carbocycles. The first kappa shape index (κ1) is 15.2. The number of carbonyl (C=O) groups is 1. The van der Waals surface area contributed by atoms with E-state index in [0.29, 0.717) is 5.56 Å². The average Bonchev–Trinajstić information content (AvgIpc) is 2.49. The quantitative estimate of drug-likeness (QED) is 0.568. The topological polar surface area (TPSA) is 35.5 Å². The summed E-state index contributed by atoms with van der Waals surface area (Å²) in [4.78, 5) is 13.7. The largest absolute Gasteiger partial charge is 0.497 e. The number of methoxy groups -OCH3 is 2. The molecule has 0 unspecified atom stereocenters. The van der Waals surface area contributed by atoms with Gasteiger partial charge in [0.25, 0.3) is 0 Å². The number of halogens is 1. The van der Waals surface area contributed by atoms with E-state index in [1.807, 2.05) is 42.5 Å². The Labute approximate surface area is 135 Å². The lowest BCUT2D eigenvalue weighted by molar-refractivity contribution is 0.0596. The van der Waals surface area contributed by atoms with Crippen molar-refractivity contribution in [3.8, 4) is 5.75 Å². The van der Waals surface area contributed by atoms with Crippen molar-refractivity contribution in [1.29, 1.82) is 0 Å². The lowest BCUT2D eigenvalue weighted by atomic mass is 10.2.